The van der Waals surface area contributed by atoms with Gasteiger partial charge in [0.05, 0.1) is 17.1 Å². The SMILES string of the molecule is O=c1c(Br)cccn1CC(O)CBr. The fourth-order valence-corrected chi connectivity index (χ4v) is 1.51. The maximum absolute atomic E-state index is 11.4. The molecule has 0 radical (unpaired) electrons. The molecule has 1 N–H and O–H groups in total. The smallest absolute Gasteiger partial charge is 0.264 e. The first-order chi connectivity index (χ1) is 6.15. The van der Waals surface area contributed by atoms with Crippen LogP contribution in [-0.4, -0.2) is 21.1 Å². The maximum Gasteiger partial charge on any atom is 0.264 e. The molecular weight excluding hydrogens is 302 g/mol. The van der Waals surface area contributed by atoms with E-state index >= 15 is 0 Å². The van der Waals surface area contributed by atoms with Crippen molar-refractivity contribution < 1.29 is 5.11 Å². The van der Waals surface area contributed by atoms with Crippen molar-refractivity contribution in [2.24, 2.45) is 0 Å². The number of aromatic nitrogens is 1. The molecular formula is C8H9Br2NO2. The molecule has 5 heteroatoms. The second kappa shape index (κ2) is 4.93. The van der Waals surface area contributed by atoms with E-state index in [-0.39, 0.29) is 5.56 Å². The molecule has 1 aromatic heterocycles. The summed E-state index contributed by atoms with van der Waals surface area (Å²) in [7, 11) is 0. The van der Waals surface area contributed by atoms with Crippen molar-refractivity contribution in [2.75, 3.05) is 5.33 Å². The molecule has 0 saturated heterocycles. The van der Waals surface area contributed by atoms with Crippen LogP contribution >= 0.6 is 31.9 Å². The van der Waals surface area contributed by atoms with E-state index in [1.54, 1.807) is 18.3 Å². The van der Waals surface area contributed by atoms with Crippen LogP contribution in [0.1, 0.15) is 0 Å². The number of hydrogen-bond acceptors (Lipinski definition) is 2. The lowest BCUT2D eigenvalue weighted by Crippen LogP contribution is -2.27. The second-order valence-electron chi connectivity index (χ2n) is 2.62. The van der Waals surface area contributed by atoms with Crippen molar-refractivity contribution in [2.45, 2.75) is 12.6 Å². The van der Waals surface area contributed by atoms with Crippen LogP contribution < -0.4 is 5.56 Å². The minimum atomic E-state index is -0.535. The lowest BCUT2D eigenvalue weighted by Gasteiger charge is -2.09. The van der Waals surface area contributed by atoms with Gasteiger partial charge in [-0.25, -0.2) is 0 Å². The largest absolute Gasteiger partial charge is 0.390 e. The first-order valence-electron chi connectivity index (χ1n) is 3.74. The van der Waals surface area contributed by atoms with Gasteiger partial charge >= 0.3 is 0 Å². The highest BCUT2D eigenvalue weighted by molar-refractivity contribution is 9.10. The van der Waals surface area contributed by atoms with Crippen LogP contribution in [0.3, 0.4) is 0 Å². The minimum Gasteiger partial charge on any atom is -0.390 e. The molecule has 0 bridgehead atoms. The third-order valence-corrected chi connectivity index (χ3v) is 2.91. The number of hydrogen-bond donors (Lipinski definition) is 1. The molecule has 1 unspecified atom stereocenters. The first kappa shape index (κ1) is 10.9. The average molecular weight is 311 g/mol. The Kier molecular flexibility index (Phi) is 4.15. The Hall–Kier alpha value is -0.130. The Bertz CT molecular complexity index is 337. The topological polar surface area (TPSA) is 42.2 Å². The molecule has 0 fully saturated rings. The van der Waals surface area contributed by atoms with Crippen LogP contribution in [0.15, 0.2) is 27.6 Å². The Morgan fingerprint density at radius 2 is 2.31 bits per heavy atom. The van der Waals surface area contributed by atoms with Gasteiger partial charge in [0.15, 0.2) is 0 Å². The number of halogens is 2. The summed E-state index contributed by atoms with van der Waals surface area (Å²) in [5.74, 6) is 0. The number of alkyl halides is 1. The maximum atomic E-state index is 11.4. The van der Waals surface area contributed by atoms with Crippen molar-refractivity contribution in [3.8, 4) is 0 Å². The van der Waals surface area contributed by atoms with Crippen molar-refractivity contribution >= 4 is 31.9 Å². The average Bonchev–Trinajstić information content (AvgIpc) is 2.13. The van der Waals surface area contributed by atoms with E-state index in [0.717, 1.165) is 0 Å². The molecule has 0 spiro atoms. The van der Waals surface area contributed by atoms with Crippen LogP contribution in [0.2, 0.25) is 0 Å². The van der Waals surface area contributed by atoms with E-state index in [9.17, 15) is 9.90 Å². The van der Waals surface area contributed by atoms with E-state index in [1.807, 2.05) is 0 Å². The Balaban J connectivity index is 2.89. The highest BCUT2D eigenvalue weighted by Crippen LogP contribution is 2.01. The van der Waals surface area contributed by atoms with Gasteiger partial charge in [0.1, 0.15) is 0 Å². The molecule has 0 saturated carbocycles. The number of aliphatic hydroxyl groups excluding tert-OH is 1. The summed E-state index contributed by atoms with van der Waals surface area (Å²) in [6.45, 7) is 0.309. The summed E-state index contributed by atoms with van der Waals surface area (Å²) in [4.78, 5) is 11.4. The highest BCUT2D eigenvalue weighted by atomic mass is 79.9. The fraction of sp³-hybridized carbons (Fsp3) is 0.375. The summed E-state index contributed by atoms with van der Waals surface area (Å²) >= 11 is 6.27. The number of aliphatic hydroxyl groups is 1. The van der Waals surface area contributed by atoms with E-state index in [2.05, 4.69) is 31.9 Å². The number of rotatable bonds is 3. The van der Waals surface area contributed by atoms with Gasteiger partial charge in [-0.1, -0.05) is 15.9 Å². The number of nitrogens with zero attached hydrogens (tertiary/aromatic N) is 1. The van der Waals surface area contributed by atoms with Gasteiger partial charge in [-0.15, -0.1) is 0 Å². The molecule has 1 rings (SSSR count). The second-order valence-corrected chi connectivity index (χ2v) is 4.12. The lowest BCUT2D eigenvalue weighted by molar-refractivity contribution is 0.178. The van der Waals surface area contributed by atoms with E-state index in [4.69, 9.17) is 0 Å². The predicted molar refractivity (Wildman–Crippen MR) is 58.2 cm³/mol. The van der Waals surface area contributed by atoms with Gasteiger partial charge in [-0.2, -0.15) is 0 Å². The van der Waals surface area contributed by atoms with Crippen LogP contribution in [0, 0.1) is 0 Å². The van der Waals surface area contributed by atoms with Crippen molar-refractivity contribution in [3.63, 3.8) is 0 Å². The Morgan fingerprint density at radius 3 is 2.92 bits per heavy atom. The van der Waals surface area contributed by atoms with Gasteiger partial charge in [0.25, 0.3) is 5.56 Å². The van der Waals surface area contributed by atoms with E-state index < -0.39 is 6.10 Å². The zero-order valence-electron chi connectivity index (χ0n) is 6.78. The molecule has 1 atom stereocenters. The Labute approximate surface area is 92.6 Å². The molecule has 0 amide bonds. The number of pyridine rings is 1. The molecule has 0 aliphatic heterocycles. The highest BCUT2D eigenvalue weighted by Gasteiger charge is 2.05. The minimum absolute atomic E-state index is 0.123. The van der Waals surface area contributed by atoms with Crippen molar-refractivity contribution in [1.29, 1.82) is 0 Å². The van der Waals surface area contributed by atoms with Crippen LogP contribution in [0.25, 0.3) is 0 Å². The zero-order chi connectivity index (χ0) is 9.84. The van der Waals surface area contributed by atoms with Crippen LogP contribution in [-0.2, 0) is 6.54 Å². The Morgan fingerprint density at radius 1 is 1.62 bits per heavy atom. The molecule has 0 aliphatic carbocycles. The summed E-state index contributed by atoms with van der Waals surface area (Å²) in [5.41, 5.74) is -0.123. The fourth-order valence-electron chi connectivity index (χ4n) is 0.927. The standard InChI is InChI=1S/C8H9Br2NO2/c9-4-6(12)5-11-3-1-2-7(10)8(11)13/h1-3,6,12H,4-5H2. The summed E-state index contributed by atoms with van der Waals surface area (Å²) in [6, 6.07) is 3.44. The molecule has 0 aromatic carbocycles. The third-order valence-electron chi connectivity index (χ3n) is 1.56. The molecule has 0 aliphatic rings. The van der Waals surface area contributed by atoms with Crippen molar-refractivity contribution in [3.05, 3.63) is 33.2 Å². The van der Waals surface area contributed by atoms with E-state index in [1.165, 1.54) is 4.57 Å². The lowest BCUT2D eigenvalue weighted by atomic mass is 10.4. The van der Waals surface area contributed by atoms with Gasteiger partial charge in [-0.3, -0.25) is 4.79 Å². The van der Waals surface area contributed by atoms with Gasteiger partial charge in [0.2, 0.25) is 0 Å². The summed E-state index contributed by atoms with van der Waals surface area (Å²) < 4.78 is 1.98. The molecule has 3 nitrogen and oxygen atoms in total. The summed E-state index contributed by atoms with van der Waals surface area (Å²) in [6.07, 6.45) is 1.12. The quantitative estimate of drug-likeness (QED) is 0.857. The normalized spacial score (nSPS) is 12.8. The van der Waals surface area contributed by atoms with Gasteiger partial charge < -0.3 is 9.67 Å². The molecule has 1 heterocycles. The third kappa shape index (κ3) is 2.93. The molecule has 72 valence electrons. The van der Waals surface area contributed by atoms with E-state index in [0.29, 0.717) is 16.3 Å². The van der Waals surface area contributed by atoms with Crippen LogP contribution in [0.4, 0.5) is 0 Å². The van der Waals surface area contributed by atoms with Gasteiger partial charge in [0, 0.05) is 11.5 Å². The zero-order valence-corrected chi connectivity index (χ0v) is 9.95. The predicted octanol–water partition coefficient (Wildman–Crippen LogP) is 1.37. The monoisotopic (exact) mass is 309 g/mol. The molecule has 1 aromatic rings. The van der Waals surface area contributed by atoms with Gasteiger partial charge in [-0.05, 0) is 28.1 Å². The van der Waals surface area contributed by atoms with Crippen molar-refractivity contribution in [1.82, 2.24) is 4.57 Å². The first-order valence-corrected chi connectivity index (χ1v) is 5.65. The van der Waals surface area contributed by atoms with Crippen LogP contribution in [0.5, 0.6) is 0 Å². The molecule has 13 heavy (non-hydrogen) atoms. The summed E-state index contributed by atoms with van der Waals surface area (Å²) in [5, 5.41) is 9.77.